The highest BCUT2D eigenvalue weighted by atomic mass is 35.5. The molecule has 1 aromatic heterocycles. The van der Waals surface area contributed by atoms with E-state index in [1.807, 2.05) is 31.1 Å². The quantitative estimate of drug-likeness (QED) is 0.552. The second-order valence-corrected chi connectivity index (χ2v) is 7.61. The molecule has 0 aliphatic heterocycles. The van der Waals surface area contributed by atoms with E-state index in [0.29, 0.717) is 28.7 Å². The van der Waals surface area contributed by atoms with Gasteiger partial charge in [0.2, 0.25) is 5.91 Å². The molecule has 1 heterocycles. The number of ether oxygens (including phenoxy) is 1. The number of thiazole rings is 1. The highest BCUT2D eigenvalue weighted by molar-refractivity contribution is 7.22. The van der Waals surface area contributed by atoms with E-state index >= 15 is 0 Å². The van der Waals surface area contributed by atoms with Crippen molar-refractivity contribution in [2.75, 3.05) is 39.2 Å². The first-order valence-electron chi connectivity index (χ1n) is 8.71. The Bertz CT molecular complexity index is 980. The number of hydrogen-bond acceptors (Lipinski definition) is 5. The van der Waals surface area contributed by atoms with Gasteiger partial charge in [0.15, 0.2) is 10.9 Å². The summed E-state index contributed by atoms with van der Waals surface area (Å²) in [5.74, 6) is -0.839. The number of benzene rings is 2. The van der Waals surface area contributed by atoms with Crippen LogP contribution in [0.5, 0.6) is 5.75 Å². The molecule has 5 nitrogen and oxygen atoms in total. The van der Waals surface area contributed by atoms with Gasteiger partial charge in [0.05, 0.1) is 18.2 Å². The molecule has 0 saturated carbocycles. The Hall–Kier alpha value is -2.29. The number of nitrogens with zero attached hydrogens (tertiary/aromatic N) is 3. The Morgan fingerprint density at radius 3 is 2.45 bits per heavy atom. The number of aromatic nitrogens is 1. The average molecular weight is 442 g/mol. The van der Waals surface area contributed by atoms with Crippen LogP contribution in [0.15, 0.2) is 36.4 Å². The third kappa shape index (κ3) is 5.62. The summed E-state index contributed by atoms with van der Waals surface area (Å²) in [6, 6.07) is 9.28. The van der Waals surface area contributed by atoms with Crippen molar-refractivity contribution >= 4 is 45.0 Å². The van der Waals surface area contributed by atoms with Crippen LogP contribution in [-0.4, -0.2) is 50.1 Å². The number of anilines is 1. The van der Waals surface area contributed by atoms with Crippen molar-refractivity contribution in [2.24, 2.45) is 0 Å². The van der Waals surface area contributed by atoms with Gasteiger partial charge < -0.3 is 9.64 Å². The van der Waals surface area contributed by atoms with Crippen LogP contribution in [-0.2, 0) is 11.2 Å². The molecular weight excluding hydrogens is 420 g/mol. The number of halogens is 3. The van der Waals surface area contributed by atoms with Gasteiger partial charge in [-0.3, -0.25) is 9.69 Å². The van der Waals surface area contributed by atoms with Crippen LogP contribution in [0.3, 0.4) is 0 Å². The van der Waals surface area contributed by atoms with Gasteiger partial charge >= 0.3 is 0 Å². The van der Waals surface area contributed by atoms with E-state index in [2.05, 4.69) is 4.98 Å². The largest absolute Gasteiger partial charge is 0.497 e. The molecule has 9 heteroatoms. The fourth-order valence-corrected chi connectivity index (χ4v) is 3.75. The van der Waals surface area contributed by atoms with E-state index in [1.54, 1.807) is 19.2 Å². The van der Waals surface area contributed by atoms with Crippen LogP contribution in [0.1, 0.15) is 5.56 Å². The van der Waals surface area contributed by atoms with Gasteiger partial charge in [0, 0.05) is 19.2 Å². The lowest BCUT2D eigenvalue weighted by atomic mass is 10.1. The van der Waals surface area contributed by atoms with Gasteiger partial charge in [-0.15, -0.1) is 12.4 Å². The normalized spacial score (nSPS) is 10.8. The number of carbonyl (C=O) groups is 1. The molecular formula is C20H22ClF2N3O2S. The van der Waals surface area contributed by atoms with Gasteiger partial charge in [-0.2, -0.15) is 0 Å². The van der Waals surface area contributed by atoms with E-state index in [0.717, 1.165) is 23.0 Å². The molecule has 29 heavy (non-hydrogen) atoms. The monoisotopic (exact) mass is 441 g/mol. The van der Waals surface area contributed by atoms with Crippen LogP contribution in [0, 0.1) is 11.6 Å². The number of likely N-dealkylation sites (N-methyl/N-ethyl adjacent to an activating group) is 1. The minimum absolute atomic E-state index is 0. The molecule has 0 spiro atoms. The van der Waals surface area contributed by atoms with Crippen molar-refractivity contribution in [2.45, 2.75) is 6.42 Å². The molecule has 0 unspecified atom stereocenters. The Kier molecular flexibility index (Phi) is 7.89. The van der Waals surface area contributed by atoms with Crippen molar-refractivity contribution in [3.63, 3.8) is 0 Å². The molecule has 2 aromatic carbocycles. The summed E-state index contributed by atoms with van der Waals surface area (Å²) >= 11 is 1.11. The summed E-state index contributed by atoms with van der Waals surface area (Å²) in [4.78, 5) is 20.7. The molecule has 3 aromatic rings. The molecule has 0 N–H and O–H groups in total. The van der Waals surface area contributed by atoms with Gasteiger partial charge in [0.25, 0.3) is 0 Å². The molecule has 3 rings (SSSR count). The zero-order chi connectivity index (χ0) is 20.3. The predicted molar refractivity (Wildman–Crippen MR) is 114 cm³/mol. The van der Waals surface area contributed by atoms with E-state index in [4.69, 9.17) is 4.74 Å². The second-order valence-electron chi connectivity index (χ2n) is 6.60. The Morgan fingerprint density at radius 1 is 1.14 bits per heavy atom. The van der Waals surface area contributed by atoms with Gasteiger partial charge in [-0.05, 0) is 37.9 Å². The van der Waals surface area contributed by atoms with Crippen LogP contribution in [0.2, 0.25) is 0 Å². The average Bonchev–Trinajstić information content (AvgIpc) is 3.06. The number of methoxy groups -OCH3 is 1. The lowest BCUT2D eigenvalue weighted by Crippen LogP contribution is -2.37. The lowest BCUT2D eigenvalue weighted by Gasteiger charge is -2.22. The van der Waals surface area contributed by atoms with Crippen LogP contribution in [0.4, 0.5) is 13.9 Å². The van der Waals surface area contributed by atoms with Gasteiger partial charge in [-0.25, -0.2) is 13.8 Å². The van der Waals surface area contributed by atoms with Crippen molar-refractivity contribution in [3.8, 4) is 5.75 Å². The summed E-state index contributed by atoms with van der Waals surface area (Å²) in [7, 11) is 5.39. The zero-order valence-electron chi connectivity index (χ0n) is 16.3. The number of fused-ring (bicyclic) bond motifs is 1. The van der Waals surface area contributed by atoms with Crippen LogP contribution < -0.4 is 9.64 Å². The maximum Gasteiger partial charge on any atom is 0.233 e. The van der Waals surface area contributed by atoms with Crippen molar-refractivity contribution in [1.82, 2.24) is 9.88 Å². The lowest BCUT2D eigenvalue weighted by molar-refractivity contribution is -0.118. The van der Waals surface area contributed by atoms with E-state index in [1.165, 1.54) is 11.0 Å². The fourth-order valence-electron chi connectivity index (χ4n) is 2.70. The molecule has 0 atom stereocenters. The summed E-state index contributed by atoms with van der Waals surface area (Å²) in [5.41, 5.74) is 0.910. The second kappa shape index (κ2) is 9.96. The van der Waals surface area contributed by atoms with E-state index < -0.39 is 11.6 Å². The Balaban J connectivity index is 0.00000300. The maximum absolute atomic E-state index is 14.0. The Labute approximate surface area is 178 Å². The minimum atomic E-state index is -0.729. The number of amides is 1. The van der Waals surface area contributed by atoms with Crippen LogP contribution in [0.25, 0.3) is 10.2 Å². The fraction of sp³-hybridized carbons (Fsp3) is 0.300. The SMILES string of the molecule is COc1ccc(CC(=O)N(CCN(C)C)c2nc3c(F)cc(F)cc3s2)cc1.Cl. The molecule has 1 amide bonds. The Morgan fingerprint density at radius 2 is 1.83 bits per heavy atom. The topological polar surface area (TPSA) is 45.7 Å². The first kappa shape index (κ1) is 23.0. The summed E-state index contributed by atoms with van der Waals surface area (Å²) in [5, 5.41) is 0.361. The molecule has 0 radical (unpaired) electrons. The molecule has 0 aliphatic carbocycles. The number of carbonyl (C=O) groups excluding carboxylic acids is 1. The van der Waals surface area contributed by atoms with Crippen molar-refractivity contribution < 1.29 is 18.3 Å². The highest BCUT2D eigenvalue weighted by Crippen LogP contribution is 2.31. The highest BCUT2D eigenvalue weighted by Gasteiger charge is 2.21. The number of hydrogen-bond donors (Lipinski definition) is 0. The third-order valence-corrected chi connectivity index (χ3v) is 5.24. The molecule has 156 valence electrons. The third-order valence-electron chi connectivity index (χ3n) is 4.22. The smallest absolute Gasteiger partial charge is 0.233 e. The van der Waals surface area contributed by atoms with Gasteiger partial charge in [-0.1, -0.05) is 23.5 Å². The van der Waals surface area contributed by atoms with E-state index in [9.17, 15) is 13.6 Å². The van der Waals surface area contributed by atoms with Crippen LogP contribution >= 0.6 is 23.7 Å². The number of rotatable bonds is 7. The summed E-state index contributed by atoms with van der Waals surface area (Å²) in [6.07, 6.45) is 0.171. The molecule has 0 saturated heterocycles. The molecule has 0 bridgehead atoms. The standard InChI is InChI=1S/C20H21F2N3O2S.ClH/c1-24(2)8-9-25(18(26)10-13-4-6-15(27-3)7-5-13)20-23-19-16(22)11-14(21)12-17(19)28-20;/h4-7,11-12H,8-10H2,1-3H3;1H. The zero-order valence-corrected chi connectivity index (χ0v) is 17.9. The summed E-state index contributed by atoms with van der Waals surface area (Å²) < 4.78 is 33.1. The predicted octanol–water partition coefficient (Wildman–Crippen LogP) is 4.14. The summed E-state index contributed by atoms with van der Waals surface area (Å²) in [6.45, 7) is 1.01. The van der Waals surface area contributed by atoms with Crippen molar-refractivity contribution in [1.29, 1.82) is 0 Å². The minimum Gasteiger partial charge on any atom is -0.497 e. The van der Waals surface area contributed by atoms with Crippen molar-refractivity contribution in [3.05, 3.63) is 53.6 Å². The van der Waals surface area contributed by atoms with Gasteiger partial charge in [0.1, 0.15) is 17.1 Å². The maximum atomic E-state index is 14.0. The molecule has 0 fully saturated rings. The van der Waals surface area contributed by atoms with E-state index in [-0.39, 0.29) is 30.3 Å². The first-order chi connectivity index (χ1) is 13.4. The molecule has 0 aliphatic rings. The first-order valence-corrected chi connectivity index (χ1v) is 9.52.